The molecule has 0 aliphatic carbocycles. The molecule has 0 saturated heterocycles. The van der Waals surface area contributed by atoms with Gasteiger partial charge in [-0.05, 0) is 45.0 Å². The van der Waals surface area contributed by atoms with Crippen LogP contribution in [0.5, 0.6) is 0 Å². The summed E-state index contributed by atoms with van der Waals surface area (Å²) in [5.74, 6) is 0.753. The molecule has 0 aliphatic rings. The first-order chi connectivity index (χ1) is 10.5. The fourth-order valence-electron chi connectivity index (χ4n) is 2.53. The van der Waals surface area contributed by atoms with Gasteiger partial charge in [0.2, 0.25) is 0 Å². The number of rotatable bonds is 4. The fraction of sp³-hybridized carbons (Fsp3) is 0.312. The first-order valence-electron chi connectivity index (χ1n) is 7.29. The number of nitrogens with one attached hydrogen (secondary N) is 3. The van der Waals surface area contributed by atoms with E-state index in [-0.39, 0.29) is 11.9 Å². The summed E-state index contributed by atoms with van der Waals surface area (Å²) in [6, 6.07) is 7.48. The van der Waals surface area contributed by atoms with Crippen molar-refractivity contribution < 1.29 is 4.79 Å². The zero-order valence-corrected chi connectivity index (χ0v) is 12.9. The minimum absolute atomic E-state index is 0.00870. The second-order valence-corrected chi connectivity index (χ2v) is 5.68. The number of nitrogens with zero attached hydrogens (tertiary/aromatic N) is 2. The Hall–Kier alpha value is -2.63. The number of imidazole rings is 1. The molecule has 6 heteroatoms. The van der Waals surface area contributed by atoms with Crippen LogP contribution in [0.4, 0.5) is 0 Å². The lowest BCUT2D eigenvalue weighted by atomic mass is 10.1. The molecule has 22 heavy (non-hydrogen) atoms. The van der Waals surface area contributed by atoms with E-state index in [9.17, 15) is 4.79 Å². The number of aromatic amines is 2. The lowest BCUT2D eigenvalue weighted by Gasteiger charge is -2.12. The third-order valence-electron chi connectivity index (χ3n) is 3.51. The van der Waals surface area contributed by atoms with Gasteiger partial charge < -0.3 is 10.3 Å². The number of aromatic nitrogens is 4. The van der Waals surface area contributed by atoms with Crippen LogP contribution in [-0.2, 0) is 6.42 Å². The highest BCUT2D eigenvalue weighted by atomic mass is 16.1. The van der Waals surface area contributed by atoms with Crippen molar-refractivity contribution in [3.05, 3.63) is 47.0 Å². The number of amides is 1. The first kappa shape index (κ1) is 14.3. The molecule has 2 aromatic heterocycles. The van der Waals surface area contributed by atoms with Crippen molar-refractivity contribution in [3.63, 3.8) is 0 Å². The molecule has 6 nitrogen and oxygen atoms in total. The molecule has 0 spiro atoms. The summed E-state index contributed by atoms with van der Waals surface area (Å²) in [5.41, 5.74) is 4.34. The van der Waals surface area contributed by atoms with E-state index in [4.69, 9.17) is 0 Å². The molecule has 1 atom stereocenters. The Kier molecular flexibility index (Phi) is 3.66. The Morgan fingerprint density at radius 2 is 2.14 bits per heavy atom. The minimum Gasteiger partial charge on any atom is -0.349 e. The van der Waals surface area contributed by atoms with Crippen LogP contribution in [0, 0.1) is 13.8 Å². The van der Waals surface area contributed by atoms with Crippen LogP contribution in [-0.4, -0.2) is 32.1 Å². The second kappa shape index (κ2) is 5.63. The van der Waals surface area contributed by atoms with Crippen LogP contribution in [0.3, 0.4) is 0 Å². The van der Waals surface area contributed by atoms with Gasteiger partial charge in [0, 0.05) is 23.7 Å². The molecule has 3 aromatic rings. The number of hydrogen-bond donors (Lipinski definition) is 3. The second-order valence-electron chi connectivity index (χ2n) is 5.68. The lowest BCUT2D eigenvalue weighted by Crippen LogP contribution is -2.34. The highest BCUT2D eigenvalue weighted by Gasteiger charge is 2.12. The highest BCUT2D eigenvalue weighted by molar-refractivity contribution is 5.97. The molecule has 1 amide bonds. The van der Waals surface area contributed by atoms with E-state index in [1.807, 2.05) is 39.0 Å². The number of hydrogen-bond acceptors (Lipinski definition) is 3. The number of H-pyrrole nitrogens is 2. The third kappa shape index (κ3) is 3.00. The maximum Gasteiger partial charge on any atom is 0.251 e. The number of fused-ring (bicyclic) bond motifs is 1. The van der Waals surface area contributed by atoms with Crippen LogP contribution >= 0.6 is 0 Å². The molecule has 0 radical (unpaired) electrons. The molecule has 3 rings (SSSR count). The van der Waals surface area contributed by atoms with Crippen molar-refractivity contribution in [3.8, 4) is 0 Å². The summed E-state index contributed by atoms with van der Waals surface area (Å²) in [4.78, 5) is 19.8. The summed E-state index contributed by atoms with van der Waals surface area (Å²) in [7, 11) is 0. The van der Waals surface area contributed by atoms with Gasteiger partial charge in [-0.1, -0.05) is 0 Å². The zero-order chi connectivity index (χ0) is 15.7. The van der Waals surface area contributed by atoms with E-state index in [0.717, 1.165) is 28.2 Å². The Balaban J connectivity index is 1.69. The van der Waals surface area contributed by atoms with E-state index in [1.54, 1.807) is 6.07 Å². The predicted molar refractivity (Wildman–Crippen MR) is 84.8 cm³/mol. The summed E-state index contributed by atoms with van der Waals surface area (Å²) in [6.07, 6.45) is 0.696. The number of carbonyl (C=O) groups is 1. The molecule has 0 fully saturated rings. The molecule has 114 valence electrons. The summed E-state index contributed by atoms with van der Waals surface area (Å²) >= 11 is 0. The van der Waals surface area contributed by atoms with Gasteiger partial charge in [0.15, 0.2) is 0 Å². The minimum atomic E-state index is -0.0890. The van der Waals surface area contributed by atoms with Crippen molar-refractivity contribution >= 4 is 16.9 Å². The average Bonchev–Trinajstić information content (AvgIpc) is 3.02. The summed E-state index contributed by atoms with van der Waals surface area (Å²) in [5, 5.41) is 10.1. The van der Waals surface area contributed by atoms with Crippen LogP contribution in [0.25, 0.3) is 11.0 Å². The standard InChI is InChI=1S/C16H19N5O/c1-9(6-13-7-10(2)20-21-13)17-16(22)12-4-5-14-15(8-12)19-11(3)18-14/h4-5,7-9H,6H2,1-3H3,(H,17,22)(H,18,19)(H,20,21). The van der Waals surface area contributed by atoms with Crippen LogP contribution in [0.1, 0.15) is 34.5 Å². The molecule has 1 unspecified atom stereocenters. The lowest BCUT2D eigenvalue weighted by molar-refractivity contribution is 0.0940. The average molecular weight is 297 g/mol. The van der Waals surface area contributed by atoms with Gasteiger partial charge in [0.1, 0.15) is 5.82 Å². The molecule has 0 saturated carbocycles. The van der Waals surface area contributed by atoms with Gasteiger partial charge in [-0.3, -0.25) is 9.89 Å². The van der Waals surface area contributed by atoms with Gasteiger partial charge in [-0.2, -0.15) is 5.10 Å². The molecule has 2 heterocycles. The maximum atomic E-state index is 12.3. The Bertz CT molecular complexity index is 817. The Morgan fingerprint density at radius 1 is 1.32 bits per heavy atom. The Morgan fingerprint density at radius 3 is 2.86 bits per heavy atom. The van der Waals surface area contributed by atoms with Crippen LogP contribution < -0.4 is 5.32 Å². The summed E-state index contributed by atoms with van der Waals surface area (Å²) in [6.45, 7) is 5.83. The maximum absolute atomic E-state index is 12.3. The van der Waals surface area contributed by atoms with Gasteiger partial charge in [-0.15, -0.1) is 0 Å². The zero-order valence-electron chi connectivity index (χ0n) is 12.9. The molecule has 0 bridgehead atoms. The van der Waals surface area contributed by atoms with Gasteiger partial charge in [-0.25, -0.2) is 4.98 Å². The number of benzene rings is 1. The molecule has 0 aliphatic heterocycles. The van der Waals surface area contributed by atoms with E-state index >= 15 is 0 Å². The molecule has 1 aromatic carbocycles. The van der Waals surface area contributed by atoms with Gasteiger partial charge in [0.05, 0.1) is 16.7 Å². The first-order valence-corrected chi connectivity index (χ1v) is 7.29. The van der Waals surface area contributed by atoms with E-state index < -0.39 is 0 Å². The van der Waals surface area contributed by atoms with Crippen molar-refractivity contribution in [1.82, 2.24) is 25.5 Å². The SMILES string of the molecule is Cc1cc(CC(C)NC(=O)c2ccc3nc(C)[nH]c3c2)n[nH]1. The number of carbonyl (C=O) groups excluding carboxylic acids is 1. The quantitative estimate of drug-likeness (QED) is 0.690. The highest BCUT2D eigenvalue weighted by Crippen LogP contribution is 2.14. The van der Waals surface area contributed by atoms with E-state index in [2.05, 4.69) is 25.5 Å². The normalized spacial score (nSPS) is 12.5. The smallest absolute Gasteiger partial charge is 0.251 e. The third-order valence-corrected chi connectivity index (χ3v) is 3.51. The predicted octanol–water partition coefficient (Wildman–Crippen LogP) is 2.26. The molecular formula is C16H19N5O. The summed E-state index contributed by atoms with van der Waals surface area (Å²) < 4.78 is 0. The monoisotopic (exact) mass is 297 g/mol. The van der Waals surface area contributed by atoms with Gasteiger partial charge in [0.25, 0.3) is 5.91 Å². The van der Waals surface area contributed by atoms with Gasteiger partial charge >= 0.3 is 0 Å². The fourth-order valence-corrected chi connectivity index (χ4v) is 2.53. The van der Waals surface area contributed by atoms with Crippen molar-refractivity contribution in [2.75, 3.05) is 0 Å². The van der Waals surface area contributed by atoms with Crippen LogP contribution in [0.15, 0.2) is 24.3 Å². The van der Waals surface area contributed by atoms with Crippen molar-refractivity contribution in [2.24, 2.45) is 0 Å². The topological polar surface area (TPSA) is 86.5 Å². The van der Waals surface area contributed by atoms with E-state index in [1.165, 1.54) is 0 Å². The molecule has 3 N–H and O–H groups in total. The Labute approximate surface area is 128 Å². The largest absolute Gasteiger partial charge is 0.349 e. The number of aryl methyl sites for hydroxylation is 2. The van der Waals surface area contributed by atoms with E-state index in [0.29, 0.717) is 12.0 Å². The van der Waals surface area contributed by atoms with Crippen molar-refractivity contribution in [1.29, 1.82) is 0 Å². The van der Waals surface area contributed by atoms with Crippen LogP contribution in [0.2, 0.25) is 0 Å². The van der Waals surface area contributed by atoms with Crippen molar-refractivity contribution in [2.45, 2.75) is 33.2 Å². The molecular weight excluding hydrogens is 278 g/mol.